The fourth-order valence-corrected chi connectivity index (χ4v) is 3.05. The molecule has 0 unspecified atom stereocenters. The average molecular weight is 444 g/mol. The Morgan fingerprint density at radius 3 is 2.96 bits per heavy atom. The van der Waals surface area contributed by atoms with Gasteiger partial charge in [-0.25, -0.2) is 9.97 Å². The zero-order chi connectivity index (χ0) is 17.2. The molecule has 1 aromatic carbocycles. The maximum absolute atomic E-state index is 5.29. The molecule has 0 aliphatic rings. The molecule has 0 bridgehead atoms. The number of hydrogen-bond acceptors (Lipinski definition) is 6. The Morgan fingerprint density at radius 2 is 2.08 bits per heavy atom. The average Bonchev–Trinajstić information content (AvgIpc) is 3.05. The molecule has 0 fully saturated rings. The van der Waals surface area contributed by atoms with Crippen LogP contribution in [0.4, 0.5) is 0 Å². The maximum atomic E-state index is 5.29. The maximum Gasteiger partial charge on any atom is 0.254 e. The SMILES string of the molecule is COc1ncccc1Cc1ncnc(-n2ncc3ccc(I)cc32)n1. The van der Waals surface area contributed by atoms with E-state index in [1.807, 2.05) is 24.3 Å². The predicted octanol–water partition coefficient (Wildman–Crippen LogP) is 2.81. The number of ether oxygens (including phenoxy) is 1. The lowest BCUT2D eigenvalue weighted by Gasteiger charge is -2.07. The third-order valence-electron chi connectivity index (χ3n) is 3.72. The van der Waals surface area contributed by atoms with E-state index in [4.69, 9.17) is 4.74 Å². The van der Waals surface area contributed by atoms with E-state index < -0.39 is 0 Å². The van der Waals surface area contributed by atoms with E-state index in [0.29, 0.717) is 24.1 Å². The van der Waals surface area contributed by atoms with Crippen molar-refractivity contribution in [3.8, 4) is 11.8 Å². The molecule has 7 nitrogen and oxygen atoms in total. The van der Waals surface area contributed by atoms with Crippen LogP contribution >= 0.6 is 22.6 Å². The number of methoxy groups -OCH3 is 1. The molecule has 0 amide bonds. The summed E-state index contributed by atoms with van der Waals surface area (Å²) in [7, 11) is 1.60. The summed E-state index contributed by atoms with van der Waals surface area (Å²) in [5.41, 5.74) is 1.88. The Balaban J connectivity index is 1.73. The van der Waals surface area contributed by atoms with Crippen LogP contribution in [0.2, 0.25) is 0 Å². The first kappa shape index (κ1) is 15.9. The Hall–Kier alpha value is -2.62. The number of rotatable bonds is 4. The minimum Gasteiger partial charge on any atom is -0.481 e. The van der Waals surface area contributed by atoms with Crippen LogP contribution in [0.5, 0.6) is 5.88 Å². The molecule has 124 valence electrons. The smallest absolute Gasteiger partial charge is 0.254 e. The molecule has 0 saturated heterocycles. The molecule has 4 rings (SSSR count). The van der Waals surface area contributed by atoms with Crippen LogP contribution in [0.3, 0.4) is 0 Å². The second kappa shape index (κ2) is 6.71. The van der Waals surface area contributed by atoms with Crippen molar-refractivity contribution in [1.82, 2.24) is 29.7 Å². The van der Waals surface area contributed by atoms with Crippen molar-refractivity contribution >= 4 is 33.5 Å². The van der Waals surface area contributed by atoms with Crippen molar-refractivity contribution in [3.63, 3.8) is 0 Å². The van der Waals surface area contributed by atoms with Crippen LogP contribution in [0, 0.1) is 3.57 Å². The zero-order valence-corrected chi connectivity index (χ0v) is 15.5. The number of fused-ring (bicyclic) bond motifs is 1. The third-order valence-corrected chi connectivity index (χ3v) is 4.39. The Morgan fingerprint density at radius 1 is 1.16 bits per heavy atom. The van der Waals surface area contributed by atoms with Crippen LogP contribution in [0.1, 0.15) is 11.4 Å². The first-order chi connectivity index (χ1) is 12.2. The largest absolute Gasteiger partial charge is 0.481 e. The summed E-state index contributed by atoms with van der Waals surface area (Å²) >= 11 is 2.28. The molecule has 3 aromatic heterocycles. The van der Waals surface area contributed by atoms with Crippen LogP contribution < -0.4 is 4.74 Å². The van der Waals surface area contributed by atoms with Gasteiger partial charge in [0.05, 0.1) is 18.8 Å². The molecule has 0 atom stereocenters. The van der Waals surface area contributed by atoms with Crippen LogP contribution in [0.25, 0.3) is 16.9 Å². The lowest BCUT2D eigenvalue weighted by Crippen LogP contribution is -2.07. The normalized spacial score (nSPS) is 11.0. The van der Waals surface area contributed by atoms with Crippen molar-refractivity contribution in [1.29, 1.82) is 0 Å². The third kappa shape index (κ3) is 3.16. The van der Waals surface area contributed by atoms with Gasteiger partial charge < -0.3 is 4.74 Å². The number of hydrogen-bond donors (Lipinski definition) is 0. The quantitative estimate of drug-likeness (QED) is 0.451. The number of pyridine rings is 1. The van der Waals surface area contributed by atoms with Gasteiger partial charge in [0.2, 0.25) is 5.88 Å². The van der Waals surface area contributed by atoms with E-state index in [2.05, 4.69) is 53.7 Å². The minimum absolute atomic E-state index is 0.491. The Bertz CT molecular complexity index is 1050. The molecule has 4 aromatic rings. The number of aromatic nitrogens is 6. The van der Waals surface area contributed by atoms with Crippen molar-refractivity contribution in [2.45, 2.75) is 6.42 Å². The number of halogens is 1. The van der Waals surface area contributed by atoms with Crippen molar-refractivity contribution < 1.29 is 4.74 Å². The minimum atomic E-state index is 0.491. The van der Waals surface area contributed by atoms with Gasteiger partial charge in [0, 0.05) is 27.1 Å². The highest BCUT2D eigenvalue weighted by molar-refractivity contribution is 14.1. The highest BCUT2D eigenvalue weighted by Crippen LogP contribution is 2.20. The molecule has 8 heteroatoms. The van der Waals surface area contributed by atoms with E-state index >= 15 is 0 Å². The molecule has 25 heavy (non-hydrogen) atoms. The lowest BCUT2D eigenvalue weighted by atomic mass is 10.2. The van der Waals surface area contributed by atoms with Crippen LogP contribution in [0.15, 0.2) is 49.1 Å². The highest BCUT2D eigenvalue weighted by atomic mass is 127. The Labute approximate surface area is 157 Å². The molecule has 3 heterocycles. The Kier molecular flexibility index (Phi) is 4.26. The van der Waals surface area contributed by atoms with Gasteiger partial charge in [0.1, 0.15) is 12.2 Å². The zero-order valence-electron chi connectivity index (χ0n) is 13.3. The van der Waals surface area contributed by atoms with E-state index in [9.17, 15) is 0 Å². The van der Waals surface area contributed by atoms with Crippen LogP contribution in [-0.4, -0.2) is 36.8 Å². The monoisotopic (exact) mass is 444 g/mol. The van der Waals surface area contributed by atoms with Gasteiger partial charge in [-0.15, -0.1) is 0 Å². The van der Waals surface area contributed by atoms with Gasteiger partial charge in [-0.2, -0.15) is 19.7 Å². The first-order valence-electron chi connectivity index (χ1n) is 7.54. The fourth-order valence-electron chi connectivity index (χ4n) is 2.57. The molecule has 0 radical (unpaired) electrons. The fraction of sp³-hybridized carbons (Fsp3) is 0.118. The summed E-state index contributed by atoms with van der Waals surface area (Å²) in [6.45, 7) is 0. The van der Waals surface area contributed by atoms with E-state index in [1.54, 1.807) is 24.2 Å². The summed E-state index contributed by atoms with van der Waals surface area (Å²) in [4.78, 5) is 17.3. The standard InChI is InChI=1S/C17H13IN6O/c1-25-16-11(3-2-6-19-16)7-15-20-10-21-17(23-15)24-14-8-13(18)5-4-12(14)9-22-24/h2-6,8-10H,7H2,1H3. The molecule has 0 N–H and O–H groups in total. The molecule has 0 aliphatic carbocycles. The van der Waals surface area contributed by atoms with E-state index in [-0.39, 0.29) is 0 Å². The summed E-state index contributed by atoms with van der Waals surface area (Å²) < 4.78 is 8.14. The van der Waals surface area contributed by atoms with Crippen LogP contribution in [-0.2, 0) is 6.42 Å². The van der Waals surface area contributed by atoms with E-state index in [1.165, 1.54) is 6.33 Å². The second-order valence-electron chi connectivity index (χ2n) is 5.31. The van der Waals surface area contributed by atoms with Crippen molar-refractivity contribution in [3.05, 3.63) is 64.0 Å². The van der Waals surface area contributed by atoms with Gasteiger partial charge in [-0.3, -0.25) is 0 Å². The molecular formula is C17H13IN6O. The topological polar surface area (TPSA) is 78.6 Å². The van der Waals surface area contributed by atoms with Crippen molar-refractivity contribution in [2.24, 2.45) is 0 Å². The molecule has 0 saturated carbocycles. The lowest BCUT2D eigenvalue weighted by molar-refractivity contribution is 0.393. The summed E-state index contributed by atoms with van der Waals surface area (Å²) in [6.07, 6.45) is 5.50. The second-order valence-corrected chi connectivity index (χ2v) is 6.56. The molecule has 0 spiro atoms. The summed E-state index contributed by atoms with van der Waals surface area (Å²) in [6, 6.07) is 9.94. The number of nitrogens with zero attached hydrogens (tertiary/aromatic N) is 6. The van der Waals surface area contributed by atoms with Gasteiger partial charge in [-0.05, 0) is 40.8 Å². The van der Waals surface area contributed by atoms with Gasteiger partial charge in [-0.1, -0.05) is 12.1 Å². The van der Waals surface area contributed by atoms with Gasteiger partial charge >= 0.3 is 0 Å². The number of benzene rings is 1. The summed E-state index contributed by atoms with van der Waals surface area (Å²) in [5.74, 6) is 1.69. The highest BCUT2D eigenvalue weighted by Gasteiger charge is 2.11. The van der Waals surface area contributed by atoms with Gasteiger partial charge in [0.15, 0.2) is 0 Å². The first-order valence-corrected chi connectivity index (χ1v) is 8.62. The van der Waals surface area contributed by atoms with E-state index in [0.717, 1.165) is 20.0 Å². The van der Waals surface area contributed by atoms with Gasteiger partial charge in [0.25, 0.3) is 5.95 Å². The summed E-state index contributed by atoms with van der Waals surface area (Å²) in [5, 5.41) is 5.45. The molecular weight excluding hydrogens is 431 g/mol. The molecule has 0 aliphatic heterocycles. The predicted molar refractivity (Wildman–Crippen MR) is 101 cm³/mol. The van der Waals surface area contributed by atoms with Crippen molar-refractivity contribution in [2.75, 3.05) is 7.11 Å².